The van der Waals surface area contributed by atoms with Gasteiger partial charge in [0.05, 0.1) is 12.0 Å². The molecular formula is C11H19NO3. The van der Waals surface area contributed by atoms with Gasteiger partial charge in [-0.2, -0.15) is 0 Å². The molecule has 0 aromatic carbocycles. The van der Waals surface area contributed by atoms with Gasteiger partial charge in [0.25, 0.3) is 0 Å². The Kier molecular flexibility index (Phi) is 3.72. The first-order chi connectivity index (χ1) is 6.99. The maximum Gasteiger partial charge on any atom is 0.305 e. The second kappa shape index (κ2) is 4.64. The Morgan fingerprint density at radius 2 is 2.07 bits per heavy atom. The molecule has 0 spiro atoms. The highest BCUT2D eigenvalue weighted by atomic mass is 16.4. The Labute approximate surface area is 90.0 Å². The van der Waals surface area contributed by atoms with Crippen LogP contribution in [0, 0.1) is 5.92 Å². The van der Waals surface area contributed by atoms with E-state index >= 15 is 0 Å². The quantitative estimate of drug-likeness (QED) is 0.728. The van der Waals surface area contributed by atoms with E-state index in [1.807, 2.05) is 13.8 Å². The number of aliphatic carboxylic acids is 1. The molecule has 0 saturated heterocycles. The summed E-state index contributed by atoms with van der Waals surface area (Å²) in [6, 6.07) is 0. The number of nitrogens with one attached hydrogen (secondary N) is 1. The minimum absolute atomic E-state index is 0.0153. The normalized spacial score (nSPS) is 20.1. The predicted molar refractivity (Wildman–Crippen MR) is 56.4 cm³/mol. The zero-order chi connectivity index (χ0) is 11.5. The largest absolute Gasteiger partial charge is 0.481 e. The molecular weight excluding hydrogens is 194 g/mol. The second-order valence-corrected chi connectivity index (χ2v) is 4.50. The molecule has 86 valence electrons. The fourth-order valence-corrected chi connectivity index (χ4v) is 1.81. The standard InChI is InChI=1S/C11H19NO3/c1-3-8(2)10(15)12-11(5-4-6-11)7-9(13)14/h8H,3-7H2,1-2H3,(H,12,15)(H,13,14). The summed E-state index contributed by atoms with van der Waals surface area (Å²) in [6.07, 6.45) is 3.43. The first-order valence-electron chi connectivity index (χ1n) is 5.53. The average Bonchev–Trinajstić information content (AvgIpc) is 2.12. The van der Waals surface area contributed by atoms with Gasteiger partial charge in [-0.25, -0.2) is 0 Å². The summed E-state index contributed by atoms with van der Waals surface area (Å²) in [7, 11) is 0. The van der Waals surface area contributed by atoms with Crippen molar-refractivity contribution in [3.8, 4) is 0 Å². The van der Waals surface area contributed by atoms with Crippen molar-refractivity contribution < 1.29 is 14.7 Å². The zero-order valence-electron chi connectivity index (χ0n) is 9.38. The van der Waals surface area contributed by atoms with Crippen LogP contribution in [0.4, 0.5) is 0 Å². The van der Waals surface area contributed by atoms with Gasteiger partial charge in [-0.05, 0) is 25.7 Å². The molecule has 1 saturated carbocycles. The molecule has 1 fully saturated rings. The lowest BCUT2D eigenvalue weighted by Gasteiger charge is -2.42. The molecule has 1 aliphatic carbocycles. The van der Waals surface area contributed by atoms with E-state index in [4.69, 9.17) is 5.11 Å². The first kappa shape index (κ1) is 12.0. The van der Waals surface area contributed by atoms with Gasteiger partial charge in [0.2, 0.25) is 5.91 Å². The van der Waals surface area contributed by atoms with Crippen molar-refractivity contribution in [2.24, 2.45) is 5.92 Å². The minimum Gasteiger partial charge on any atom is -0.481 e. The number of carbonyl (C=O) groups is 2. The molecule has 1 unspecified atom stereocenters. The van der Waals surface area contributed by atoms with Crippen molar-refractivity contribution in [2.75, 3.05) is 0 Å². The van der Waals surface area contributed by atoms with Gasteiger partial charge < -0.3 is 10.4 Å². The van der Waals surface area contributed by atoms with Gasteiger partial charge in [-0.3, -0.25) is 9.59 Å². The average molecular weight is 213 g/mol. The lowest BCUT2D eigenvalue weighted by Crippen LogP contribution is -2.55. The topological polar surface area (TPSA) is 66.4 Å². The Morgan fingerprint density at radius 1 is 1.47 bits per heavy atom. The van der Waals surface area contributed by atoms with Crippen molar-refractivity contribution in [3.05, 3.63) is 0 Å². The Balaban J connectivity index is 2.53. The Bertz CT molecular complexity index is 259. The molecule has 0 aromatic heterocycles. The number of carbonyl (C=O) groups excluding carboxylic acids is 1. The number of rotatable bonds is 5. The molecule has 4 nitrogen and oxygen atoms in total. The van der Waals surface area contributed by atoms with E-state index in [2.05, 4.69) is 5.32 Å². The summed E-state index contributed by atoms with van der Waals surface area (Å²) in [6.45, 7) is 3.82. The predicted octanol–water partition coefficient (Wildman–Crippen LogP) is 1.55. The Hall–Kier alpha value is -1.06. The molecule has 1 amide bonds. The van der Waals surface area contributed by atoms with Crippen LogP contribution in [0.1, 0.15) is 46.0 Å². The third-order valence-electron chi connectivity index (χ3n) is 3.25. The van der Waals surface area contributed by atoms with Crippen molar-refractivity contribution in [2.45, 2.75) is 51.5 Å². The summed E-state index contributed by atoms with van der Waals surface area (Å²) < 4.78 is 0. The summed E-state index contributed by atoms with van der Waals surface area (Å²) in [5, 5.41) is 11.7. The summed E-state index contributed by atoms with van der Waals surface area (Å²) in [5.74, 6) is -0.881. The highest BCUT2D eigenvalue weighted by Crippen LogP contribution is 2.35. The number of carboxylic acid groups (broad SMARTS) is 1. The lowest BCUT2D eigenvalue weighted by molar-refractivity contribution is -0.140. The molecule has 0 aliphatic heterocycles. The molecule has 1 atom stereocenters. The first-order valence-corrected chi connectivity index (χ1v) is 5.53. The number of hydrogen-bond donors (Lipinski definition) is 2. The third-order valence-corrected chi connectivity index (χ3v) is 3.25. The van der Waals surface area contributed by atoms with Gasteiger partial charge in [-0.1, -0.05) is 13.8 Å². The second-order valence-electron chi connectivity index (χ2n) is 4.50. The van der Waals surface area contributed by atoms with Crippen molar-refractivity contribution in [3.63, 3.8) is 0 Å². The maximum absolute atomic E-state index is 11.7. The van der Waals surface area contributed by atoms with Gasteiger partial charge in [0.15, 0.2) is 0 Å². The van der Waals surface area contributed by atoms with Crippen molar-refractivity contribution in [1.29, 1.82) is 0 Å². The third kappa shape index (κ3) is 2.94. The molecule has 2 N–H and O–H groups in total. The van der Waals surface area contributed by atoms with Crippen LogP contribution in [0.5, 0.6) is 0 Å². The van der Waals surface area contributed by atoms with Crippen LogP contribution in [0.15, 0.2) is 0 Å². The number of amides is 1. The highest BCUT2D eigenvalue weighted by molar-refractivity contribution is 5.80. The summed E-state index contributed by atoms with van der Waals surface area (Å²) in [4.78, 5) is 22.3. The van der Waals surface area contributed by atoms with E-state index in [0.29, 0.717) is 0 Å². The van der Waals surface area contributed by atoms with Crippen molar-refractivity contribution in [1.82, 2.24) is 5.32 Å². The SMILES string of the molecule is CCC(C)C(=O)NC1(CC(=O)O)CCC1. The van der Waals surface area contributed by atoms with E-state index in [1.54, 1.807) is 0 Å². The summed E-state index contributed by atoms with van der Waals surface area (Å²) >= 11 is 0. The fourth-order valence-electron chi connectivity index (χ4n) is 1.81. The molecule has 1 aliphatic rings. The maximum atomic E-state index is 11.7. The van der Waals surface area contributed by atoms with Crippen LogP contribution in [0.2, 0.25) is 0 Å². The van der Waals surface area contributed by atoms with Crippen LogP contribution < -0.4 is 5.32 Å². The van der Waals surface area contributed by atoms with Crippen LogP contribution in [0.3, 0.4) is 0 Å². The Morgan fingerprint density at radius 3 is 2.40 bits per heavy atom. The molecule has 0 aromatic rings. The lowest BCUT2D eigenvalue weighted by atomic mass is 9.74. The van der Waals surface area contributed by atoms with Gasteiger partial charge in [0.1, 0.15) is 0 Å². The van der Waals surface area contributed by atoms with Gasteiger partial charge in [0, 0.05) is 5.92 Å². The van der Waals surface area contributed by atoms with E-state index in [-0.39, 0.29) is 18.2 Å². The van der Waals surface area contributed by atoms with E-state index < -0.39 is 11.5 Å². The van der Waals surface area contributed by atoms with E-state index in [1.165, 1.54) is 0 Å². The molecule has 0 radical (unpaired) electrons. The minimum atomic E-state index is -0.834. The molecule has 15 heavy (non-hydrogen) atoms. The zero-order valence-corrected chi connectivity index (χ0v) is 9.38. The summed E-state index contributed by atoms with van der Waals surface area (Å²) in [5.41, 5.74) is -0.452. The van der Waals surface area contributed by atoms with Gasteiger partial charge in [-0.15, -0.1) is 0 Å². The smallest absolute Gasteiger partial charge is 0.305 e. The number of hydrogen-bond acceptors (Lipinski definition) is 2. The molecule has 0 heterocycles. The highest BCUT2D eigenvalue weighted by Gasteiger charge is 2.40. The molecule has 1 rings (SSSR count). The van der Waals surface area contributed by atoms with Crippen molar-refractivity contribution >= 4 is 11.9 Å². The molecule has 0 bridgehead atoms. The molecule has 4 heteroatoms. The monoisotopic (exact) mass is 213 g/mol. The van der Waals surface area contributed by atoms with E-state index in [9.17, 15) is 9.59 Å². The number of carboxylic acids is 1. The van der Waals surface area contributed by atoms with Gasteiger partial charge >= 0.3 is 5.97 Å². The van der Waals surface area contributed by atoms with Crippen LogP contribution >= 0.6 is 0 Å². The van der Waals surface area contributed by atoms with Crippen LogP contribution in [0.25, 0.3) is 0 Å². The van der Waals surface area contributed by atoms with Crippen LogP contribution in [-0.2, 0) is 9.59 Å². The van der Waals surface area contributed by atoms with E-state index in [0.717, 1.165) is 25.7 Å². The van der Waals surface area contributed by atoms with Crippen LogP contribution in [-0.4, -0.2) is 22.5 Å². The fraction of sp³-hybridized carbons (Fsp3) is 0.818.